The lowest BCUT2D eigenvalue weighted by molar-refractivity contribution is 0.0717. The number of rotatable bonds is 6. The third-order valence-electron chi connectivity index (χ3n) is 6.00. The number of aryl methyl sites for hydroxylation is 1. The van der Waals surface area contributed by atoms with Gasteiger partial charge in [-0.2, -0.15) is 0 Å². The Balaban J connectivity index is 1.45. The number of nitrogens with zero attached hydrogens (tertiary/aromatic N) is 1. The Morgan fingerprint density at radius 3 is 2.61 bits per heavy atom. The first kappa shape index (κ1) is 21.2. The summed E-state index contributed by atoms with van der Waals surface area (Å²) >= 11 is 0. The van der Waals surface area contributed by atoms with Crippen molar-refractivity contribution in [1.29, 1.82) is 0 Å². The molecule has 2 saturated carbocycles. The predicted octanol–water partition coefficient (Wildman–Crippen LogP) is 4.10. The average molecular weight is 420 g/mol. The van der Waals surface area contributed by atoms with Gasteiger partial charge >= 0.3 is 0 Å². The fraction of sp³-hybridized carbons (Fsp3) is 0.400. The molecule has 2 aliphatic carbocycles. The maximum absolute atomic E-state index is 12.8. The Morgan fingerprint density at radius 2 is 1.84 bits per heavy atom. The Bertz CT molecular complexity index is 997. The normalized spacial score (nSPS) is 21.1. The fourth-order valence-corrected chi connectivity index (χ4v) is 3.83. The number of carbonyl (C=O) groups excluding carboxylic acids is 2. The molecule has 2 aromatic rings. The maximum atomic E-state index is 12.8. The first-order chi connectivity index (χ1) is 15.0. The van der Waals surface area contributed by atoms with Crippen LogP contribution in [-0.2, 0) is 0 Å². The molecule has 0 aliphatic heterocycles. The number of benzene rings is 1. The van der Waals surface area contributed by atoms with Crippen molar-refractivity contribution in [2.75, 3.05) is 5.32 Å². The largest absolute Gasteiger partial charge is 0.391 e. The third-order valence-corrected chi connectivity index (χ3v) is 6.00. The minimum absolute atomic E-state index is 0.224. The van der Waals surface area contributed by atoms with Crippen molar-refractivity contribution < 1.29 is 14.7 Å². The van der Waals surface area contributed by atoms with Crippen molar-refractivity contribution >= 4 is 23.6 Å². The molecule has 2 atom stereocenters. The molecule has 0 saturated heterocycles. The van der Waals surface area contributed by atoms with Crippen LogP contribution in [0.25, 0.3) is 6.08 Å². The molecule has 2 amide bonds. The van der Waals surface area contributed by atoms with Gasteiger partial charge in [0.2, 0.25) is 0 Å². The Labute approximate surface area is 182 Å². The molecule has 162 valence electrons. The van der Waals surface area contributed by atoms with Crippen LogP contribution in [-0.4, -0.2) is 34.1 Å². The summed E-state index contributed by atoms with van der Waals surface area (Å²) in [5, 5.41) is 16.0. The molecule has 0 radical (unpaired) electrons. The zero-order valence-electron chi connectivity index (χ0n) is 17.8. The van der Waals surface area contributed by atoms with Crippen LogP contribution in [0.5, 0.6) is 0 Å². The number of aliphatic hydroxyl groups is 1. The molecule has 3 N–H and O–H groups in total. The molecule has 6 heteroatoms. The van der Waals surface area contributed by atoms with Gasteiger partial charge in [-0.05, 0) is 67.9 Å². The van der Waals surface area contributed by atoms with E-state index in [0.717, 1.165) is 30.4 Å². The molecule has 1 aromatic heterocycles. The van der Waals surface area contributed by atoms with Gasteiger partial charge < -0.3 is 15.7 Å². The van der Waals surface area contributed by atoms with E-state index in [-0.39, 0.29) is 17.9 Å². The van der Waals surface area contributed by atoms with Gasteiger partial charge in [0, 0.05) is 23.6 Å². The summed E-state index contributed by atoms with van der Waals surface area (Å²) in [6.07, 6.45) is 12.9. The number of aromatic nitrogens is 1. The summed E-state index contributed by atoms with van der Waals surface area (Å²) in [7, 11) is 0. The van der Waals surface area contributed by atoms with Gasteiger partial charge in [0.25, 0.3) is 11.8 Å². The maximum Gasteiger partial charge on any atom is 0.257 e. The Kier molecular flexibility index (Phi) is 6.47. The number of anilines is 1. The van der Waals surface area contributed by atoms with Crippen molar-refractivity contribution in [2.45, 2.75) is 57.6 Å². The van der Waals surface area contributed by atoms with Gasteiger partial charge in [0.15, 0.2) is 0 Å². The molecule has 31 heavy (non-hydrogen) atoms. The molecular formula is C25H29N3O3. The molecule has 0 bridgehead atoms. The quantitative estimate of drug-likeness (QED) is 0.657. The second kappa shape index (κ2) is 9.43. The lowest BCUT2D eigenvalue weighted by Crippen LogP contribution is -2.45. The van der Waals surface area contributed by atoms with Crippen LogP contribution in [0.3, 0.4) is 0 Å². The molecule has 0 unspecified atom stereocenters. The van der Waals surface area contributed by atoms with Gasteiger partial charge in [-0.15, -0.1) is 0 Å². The van der Waals surface area contributed by atoms with Gasteiger partial charge in [0.05, 0.1) is 17.7 Å². The summed E-state index contributed by atoms with van der Waals surface area (Å²) in [6.45, 7) is 1.88. The molecule has 2 aliphatic rings. The average Bonchev–Trinajstić information content (AvgIpc) is 3.60. The van der Waals surface area contributed by atoms with E-state index in [9.17, 15) is 14.7 Å². The lowest BCUT2D eigenvalue weighted by Gasteiger charge is -2.28. The van der Waals surface area contributed by atoms with Crippen molar-refractivity contribution in [3.63, 3.8) is 0 Å². The fourth-order valence-electron chi connectivity index (χ4n) is 3.83. The van der Waals surface area contributed by atoms with Crippen LogP contribution in [0.4, 0.5) is 5.69 Å². The molecule has 1 aromatic carbocycles. The van der Waals surface area contributed by atoms with E-state index in [4.69, 9.17) is 0 Å². The number of nitrogens with one attached hydrogen (secondary N) is 2. The van der Waals surface area contributed by atoms with E-state index < -0.39 is 6.10 Å². The Hall–Kier alpha value is -2.99. The highest BCUT2D eigenvalue weighted by Gasteiger charge is 2.25. The highest BCUT2D eigenvalue weighted by atomic mass is 16.3. The number of hydrogen-bond donors (Lipinski definition) is 3. The number of pyridine rings is 1. The van der Waals surface area contributed by atoms with Crippen LogP contribution in [0.1, 0.15) is 70.4 Å². The standard InChI is InChI=1S/C25H29N3O3/c1-16-6-11-19(24(30)27-21-4-2-3-5-23(21)29)13-22(16)28-25(31)20-12-18(14-26-15-20)10-9-17-7-8-17/h6,9-15,17,21,23,29H,2-5,7-8H2,1H3,(H,27,30)(H,28,31)/b10-9+/t21-,23-/m0/s1. The third kappa shape index (κ3) is 5.58. The van der Waals surface area contributed by atoms with Crippen molar-refractivity contribution in [3.05, 3.63) is 65.0 Å². The SMILES string of the molecule is Cc1ccc(C(=O)N[C@H]2CCCC[C@@H]2O)cc1NC(=O)c1cncc(/C=C/C2CC2)c1. The van der Waals surface area contributed by atoms with Gasteiger partial charge in [-0.1, -0.05) is 31.1 Å². The smallest absolute Gasteiger partial charge is 0.257 e. The summed E-state index contributed by atoms with van der Waals surface area (Å²) in [4.78, 5) is 29.7. The van der Waals surface area contributed by atoms with Crippen LogP contribution in [0, 0.1) is 12.8 Å². The first-order valence-corrected chi connectivity index (χ1v) is 11.0. The van der Waals surface area contributed by atoms with E-state index >= 15 is 0 Å². The van der Waals surface area contributed by atoms with Crippen LogP contribution in [0.2, 0.25) is 0 Å². The van der Waals surface area contributed by atoms with Gasteiger partial charge in [-0.3, -0.25) is 14.6 Å². The second-order valence-electron chi connectivity index (χ2n) is 8.62. The highest BCUT2D eigenvalue weighted by Crippen LogP contribution is 2.30. The molecule has 2 fully saturated rings. The summed E-state index contributed by atoms with van der Waals surface area (Å²) in [6, 6.07) is 6.83. The first-order valence-electron chi connectivity index (χ1n) is 11.0. The van der Waals surface area contributed by atoms with E-state index in [2.05, 4.69) is 21.7 Å². The van der Waals surface area contributed by atoms with E-state index in [1.54, 1.807) is 24.5 Å². The zero-order valence-corrected chi connectivity index (χ0v) is 17.8. The summed E-state index contributed by atoms with van der Waals surface area (Å²) < 4.78 is 0. The van der Waals surface area contributed by atoms with Crippen molar-refractivity contribution in [2.24, 2.45) is 5.92 Å². The van der Waals surface area contributed by atoms with E-state index in [0.29, 0.717) is 29.2 Å². The van der Waals surface area contributed by atoms with Gasteiger partial charge in [-0.25, -0.2) is 0 Å². The van der Waals surface area contributed by atoms with Gasteiger partial charge in [0.1, 0.15) is 0 Å². The Morgan fingerprint density at radius 1 is 1.03 bits per heavy atom. The second-order valence-corrected chi connectivity index (χ2v) is 8.62. The minimum atomic E-state index is -0.504. The minimum Gasteiger partial charge on any atom is -0.391 e. The van der Waals surface area contributed by atoms with Crippen LogP contribution >= 0.6 is 0 Å². The molecule has 6 nitrogen and oxygen atoms in total. The predicted molar refractivity (Wildman–Crippen MR) is 121 cm³/mol. The van der Waals surface area contributed by atoms with Crippen molar-refractivity contribution in [3.8, 4) is 0 Å². The van der Waals surface area contributed by atoms with Crippen molar-refractivity contribution in [1.82, 2.24) is 10.3 Å². The van der Waals surface area contributed by atoms with E-state index in [1.807, 2.05) is 25.1 Å². The number of hydrogen-bond acceptors (Lipinski definition) is 4. The zero-order chi connectivity index (χ0) is 21.8. The van der Waals surface area contributed by atoms with Crippen LogP contribution in [0.15, 0.2) is 42.7 Å². The summed E-state index contributed by atoms with van der Waals surface area (Å²) in [5.41, 5.74) is 3.27. The molecule has 0 spiro atoms. The monoisotopic (exact) mass is 419 g/mol. The van der Waals surface area contributed by atoms with E-state index in [1.165, 1.54) is 12.8 Å². The highest BCUT2D eigenvalue weighted by molar-refractivity contribution is 6.05. The van der Waals surface area contributed by atoms with Crippen LogP contribution < -0.4 is 10.6 Å². The lowest BCUT2D eigenvalue weighted by atomic mass is 9.92. The number of carbonyl (C=O) groups is 2. The number of aliphatic hydroxyl groups excluding tert-OH is 1. The molecule has 4 rings (SSSR count). The summed E-state index contributed by atoms with van der Waals surface area (Å²) in [5.74, 6) is 0.150. The number of amides is 2. The number of allylic oxidation sites excluding steroid dienone is 1. The topological polar surface area (TPSA) is 91.3 Å². The molecular weight excluding hydrogens is 390 g/mol. The molecule has 1 heterocycles.